The zero-order valence-electron chi connectivity index (χ0n) is 22.8. The third kappa shape index (κ3) is 5.42. The minimum absolute atomic E-state index is 0.0835. The molecule has 2 amide bonds. The Morgan fingerprint density at radius 3 is 2.85 bits per heavy atom. The van der Waals surface area contributed by atoms with Crippen molar-refractivity contribution in [1.82, 2.24) is 9.88 Å². The number of nitrogens with two attached hydrogens (primary N) is 1. The van der Waals surface area contributed by atoms with E-state index in [1.807, 2.05) is 29.2 Å². The van der Waals surface area contributed by atoms with Gasteiger partial charge in [-0.05, 0) is 61.2 Å². The van der Waals surface area contributed by atoms with Crippen molar-refractivity contribution in [3.8, 4) is 0 Å². The van der Waals surface area contributed by atoms with E-state index < -0.39 is 0 Å². The number of allylic oxidation sites excluding steroid dienone is 1. The van der Waals surface area contributed by atoms with Gasteiger partial charge in [-0.25, -0.2) is 4.98 Å². The van der Waals surface area contributed by atoms with Crippen LogP contribution in [0, 0.1) is 0 Å². The van der Waals surface area contributed by atoms with Crippen LogP contribution in [0.5, 0.6) is 0 Å². The Kier molecular flexibility index (Phi) is 8.11. The fraction of sp³-hybridized carbons (Fsp3) is 0.300. The van der Waals surface area contributed by atoms with Gasteiger partial charge in [0.2, 0.25) is 11.6 Å². The first-order chi connectivity index (χ1) is 19.4. The van der Waals surface area contributed by atoms with Gasteiger partial charge in [0.1, 0.15) is 17.7 Å². The first-order valence-corrected chi connectivity index (χ1v) is 13.5. The summed E-state index contributed by atoms with van der Waals surface area (Å²) in [6, 6.07) is 10.8. The number of nitrogens with one attached hydrogen (secondary N) is 1. The van der Waals surface area contributed by atoms with Gasteiger partial charge in [-0.1, -0.05) is 19.4 Å². The number of methoxy groups -OCH3 is 1. The highest BCUT2D eigenvalue weighted by molar-refractivity contribution is 6.05. The molecular weight excluding hydrogens is 506 g/mol. The highest BCUT2D eigenvalue weighted by Crippen LogP contribution is 2.37. The number of aliphatic imine (C=N–C) groups is 2. The predicted octanol–water partition coefficient (Wildman–Crippen LogP) is 3.70. The molecular formula is C30H34N7O3+. The van der Waals surface area contributed by atoms with E-state index in [1.165, 1.54) is 0 Å². The smallest absolute Gasteiger partial charge is 0.264 e. The van der Waals surface area contributed by atoms with Gasteiger partial charge in [0, 0.05) is 31.5 Å². The Labute approximate surface area is 233 Å². The van der Waals surface area contributed by atoms with E-state index in [2.05, 4.69) is 22.2 Å². The highest BCUT2D eigenvalue weighted by atomic mass is 16.5. The largest absolute Gasteiger partial charge is 0.381 e. The Morgan fingerprint density at radius 1 is 1.25 bits per heavy atom. The van der Waals surface area contributed by atoms with Crippen molar-refractivity contribution in [2.45, 2.75) is 38.6 Å². The summed E-state index contributed by atoms with van der Waals surface area (Å²) in [7, 11) is 1.59. The van der Waals surface area contributed by atoms with E-state index in [4.69, 9.17) is 15.6 Å². The second-order valence-corrected chi connectivity index (χ2v) is 9.94. The van der Waals surface area contributed by atoms with Crippen LogP contribution in [-0.2, 0) is 16.0 Å². The lowest BCUT2D eigenvalue weighted by molar-refractivity contribution is -0.750. The molecule has 3 aliphatic heterocycles. The normalized spacial score (nSPS) is 21.7. The number of benzene rings is 1. The number of quaternary nitrogens is 1. The molecule has 0 bridgehead atoms. The average molecular weight is 541 g/mol. The Hall–Kier alpha value is -4.25. The monoisotopic (exact) mass is 540 g/mol. The highest BCUT2D eigenvalue weighted by Gasteiger charge is 2.48. The average Bonchev–Trinajstić information content (AvgIpc) is 3.56. The van der Waals surface area contributed by atoms with Crippen LogP contribution in [0.25, 0.3) is 0 Å². The van der Waals surface area contributed by atoms with Crippen LogP contribution in [-0.4, -0.2) is 64.6 Å². The predicted molar refractivity (Wildman–Crippen MR) is 154 cm³/mol. The van der Waals surface area contributed by atoms with Gasteiger partial charge in [0.15, 0.2) is 0 Å². The Bertz CT molecular complexity index is 1440. The lowest BCUT2D eigenvalue weighted by Gasteiger charge is -2.27. The molecule has 0 radical (unpaired) electrons. The summed E-state index contributed by atoms with van der Waals surface area (Å²) in [4.78, 5) is 41.3. The molecule has 1 fully saturated rings. The van der Waals surface area contributed by atoms with Crippen molar-refractivity contribution in [1.29, 1.82) is 0 Å². The minimum Gasteiger partial charge on any atom is -0.381 e. The van der Waals surface area contributed by atoms with Crippen LogP contribution >= 0.6 is 0 Å². The lowest BCUT2D eigenvalue weighted by atomic mass is 10.1. The van der Waals surface area contributed by atoms with Crippen molar-refractivity contribution in [3.05, 3.63) is 95.2 Å². The molecule has 40 heavy (non-hydrogen) atoms. The first kappa shape index (κ1) is 27.3. The maximum atomic E-state index is 12.9. The zero-order chi connectivity index (χ0) is 28.1. The summed E-state index contributed by atoms with van der Waals surface area (Å²) in [5.41, 5.74) is 3.85. The standard InChI is InChI=1S/C30H33N7O3/c1-3-6-21-13-14-33-26(19-21)34-30(39)23-11-9-22(10-12-23)29-35-28(25-20-32-15-17-37(25,29)31)24-7-4-16-36(24)27(38)8-5-18-40-2/h5,8-15,17,19-20,24H,3-4,6-7,16,18,31H2,1-2H3/p+1. The quantitative estimate of drug-likeness (QED) is 0.285. The van der Waals surface area contributed by atoms with Crippen molar-refractivity contribution in [2.24, 2.45) is 15.8 Å². The van der Waals surface area contributed by atoms with Gasteiger partial charge in [-0.15, -0.1) is 4.59 Å². The fourth-order valence-corrected chi connectivity index (χ4v) is 5.25. The minimum atomic E-state index is -0.246. The topological polar surface area (TPSA) is 122 Å². The summed E-state index contributed by atoms with van der Waals surface area (Å²) in [6.45, 7) is 3.12. The molecule has 0 spiro atoms. The van der Waals surface area contributed by atoms with Crippen LogP contribution in [0.4, 0.5) is 5.82 Å². The van der Waals surface area contributed by atoms with Crippen LogP contribution in [0.2, 0.25) is 0 Å². The molecule has 3 N–H and O–H groups in total. The summed E-state index contributed by atoms with van der Waals surface area (Å²) in [5.74, 6) is 7.70. The van der Waals surface area contributed by atoms with E-state index in [9.17, 15) is 9.59 Å². The summed E-state index contributed by atoms with van der Waals surface area (Å²) in [6.07, 6.45) is 13.7. The van der Waals surface area contributed by atoms with Crippen LogP contribution in [0.15, 0.2) is 88.5 Å². The number of anilines is 1. The van der Waals surface area contributed by atoms with Crippen molar-refractivity contribution < 1.29 is 18.9 Å². The van der Waals surface area contributed by atoms with Crippen LogP contribution in [0.3, 0.4) is 0 Å². The number of carbonyl (C=O) groups is 2. The molecule has 1 aromatic heterocycles. The molecule has 206 valence electrons. The number of hydrogen-bond donors (Lipinski definition) is 2. The maximum absolute atomic E-state index is 12.9. The second kappa shape index (κ2) is 11.9. The van der Waals surface area contributed by atoms with Gasteiger partial charge in [-0.3, -0.25) is 14.6 Å². The number of rotatable bonds is 9. The number of fused-ring (bicyclic) bond motifs is 1. The number of amidine groups is 1. The third-order valence-corrected chi connectivity index (χ3v) is 7.21. The van der Waals surface area contributed by atoms with E-state index in [0.29, 0.717) is 30.4 Å². The molecule has 1 saturated heterocycles. The molecule has 1 aromatic carbocycles. The van der Waals surface area contributed by atoms with Gasteiger partial charge in [-0.2, -0.15) is 10.8 Å². The molecule has 5 rings (SSSR count). The number of likely N-dealkylation sites (tertiary alicyclic amines) is 1. The zero-order valence-corrected chi connectivity index (χ0v) is 22.8. The van der Waals surface area contributed by atoms with Crippen LogP contribution in [0.1, 0.15) is 47.7 Å². The molecule has 2 atom stereocenters. The number of amides is 2. The van der Waals surface area contributed by atoms with Crippen LogP contribution < -0.4 is 11.2 Å². The summed E-state index contributed by atoms with van der Waals surface area (Å²) >= 11 is 0. The van der Waals surface area contributed by atoms with E-state index in [-0.39, 0.29) is 22.4 Å². The maximum Gasteiger partial charge on any atom is 0.264 e. The number of aromatic nitrogens is 1. The third-order valence-electron chi connectivity index (χ3n) is 7.21. The van der Waals surface area contributed by atoms with E-state index in [0.717, 1.165) is 48.2 Å². The molecule has 0 saturated carbocycles. The van der Waals surface area contributed by atoms with E-state index in [1.54, 1.807) is 56.2 Å². The molecule has 0 aliphatic carbocycles. The summed E-state index contributed by atoms with van der Waals surface area (Å²) in [5, 5.41) is 2.88. The molecule has 3 aliphatic rings. The SMILES string of the molecule is CCCc1ccnc(NC(=O)c2ccc(C3=NC(C4CCCN4C(=O)C=CCOC)=C4C=NC=C[N+]34N)cc2)c1. The number of carbonyl (C=O) groups excluding carboxylic acids is 2. The molecule has 2 unspecified atom stereocenters. The van der Waals surface area contributed by atoms with Gasteiger partial charge in [0.25, 0.3) is 11.7 Å². The Balaban J connectivity index is 1.39. The second-order valence-electron chi connectivity index (χ2n) is 9.94. The molecule has 10 nitrogen and oxygen atoms in total. The number of ether oxygens (including phenoxy) is 1. The van der Waals surface area contributed by atoms with E-state index >= 15 is 0 Å². The molecule has 10 heteroatoms. The fourth-order valence-electron chi connectivity index (χ4n) is 5.25. The number of hydrogen-bond acceptors (Lipinski definition) is 7. The first-order valence-electron chi connectivity index (χ1n) is 13.5. The number of pyridine rings is 1. The Morgan fingerprint density at radius 2 is 2.08 bits per heavy atom. The van der Waals surface area contributed by atoms with Crippen molar-refractivity contribution in [2.75, 3.05) is 25.6 Å². The lowest BCUT2D eigenvalue weighted by Crippen LogP contribution is -2.53. The van der Waals surface area contributed by atoms with Gasteiger partial charge < -0.3 is 15.0 Å². The van der Waals surface area contributed by atoms with Crippen molar-refractivity contribution in [3.63, 3.8) is 0 Å². The number of nitrogens with zero attached hydrogens (tertiary/aromatic N) is 5. The van der Waals surface area contributed by atoms with Gasteiger partial charge in [0.05, 0.1) is 30.6 Å². The number of aryl methyl sites for hydroxylation is 1. The summed E-state index contributed by atoms with van der Waals surface area (Å²) < 4.78 is 4.88. The molecule has 2 aromatic rings. The molecule has 4 heterocycles. The van der Waals surface area contributed by atoms with Crippen molar-refractivity contribution >= 4 is 29.7 Å². The van der Waals surface area contributed by atoms with Gasteiger partial charge >= 0.3 is 0 Å².